The summed E-state index contributed by atoms with van der Waals surface area (Å²) in [6, 6.07) is 8.25. The fraction of sp³-hybridized carbons (Fsp3) is 0.482. The van der Waals surface area contributed by atoms with Crippen LogP contribution in [0.2, 0.25) is 10.0 Å². The van der Waals surface area contributed by atoms with Crippen molar-refractivity contribution in [1.82, 2.24) is 47.3 Å². The zero-order valence-electron chi connectivity index (χ0n) is 67.3. The number of nitrogens with one attached hydrogen (secondary N) is 9. The smallest absolute Gasteiger partial charge is 0.248 e. The normalized spacial score (nSPS) is 30.8. The lowest BCUT2D eigenvalue weighted by Gasteiger charge is -2.54. The molecule has 18 atom stereocenters. The highest BCUT2D eigenvalue weighted by Gasteiger charge is 2.53. The number of rotatable bonds is 19. The molecular weight excluding hydrogens is 1650 g/mol. The van der Waals surface area contributed by atoms with Crippen LogP contribution in [0.4, 0.5) is 0 Å². The minimum Gasteiger partial charge on any atom is -0.508 e. The van der Waals surface area contributed by atoms with Crippen LogP contribution in [0.25, 0.3) is 11.1 Å². The molecule has 34 nitrogen and oxygen atoms in total. The predicted octanol–water partition coefficient (Wildman–Crippen LogP) is 4.27. The molecule has 11 aliphatic rings. The number of halogens is 2. The number of benzene rings is 6. The van der Waals surface area contributed by atoms with Gasteiger partial charge in [-0.2, -0.15) is 0 Å². The number of aryl methyl sites for hydroxylation is 1. The lowest BCUT2D eigenvalue weighted by molar-refractivity contribution is -0.333. The molecule has 20 N–H and O–H groups in total. The van der Waals surface area contributed by atoms with Gasteiger partial charge in [-0.25, -0.2) is 0 Å². The van der Waals surface area contributed by atoms with Gasteiger partial charge in [0, 0.05) is 28.5 Å². The van der Waals surface area contributed by atoms with Gasteiger partial charge in [0.25, 0.3) is 0 Å². The summed E-state index contributed by atoms with van der Waals surface area (Å²) in [5, 5.41) is 126. The van der Waals surface area contributed by atoms with Crippen molar-refractivity contribution in [3.05, 3.63) is 147 Å². The van der Waals surface area contributed by atoms with Gasteiger partial charge >= 0.3 is 0 Å². The molecule has 0 radical (unpaired) electrons. The second-order valence-corrected chi connectivity index (χ2v) is 35.0. The van der Waals surface area contributed by atoms with E-state index in [4.69, 9.17) is 62.1 Å². The minimum absolute atomic E-state index is 0.0196. The Morgan fingerprint density at radius 1 is 0.689 bits per heavy atom. The molecular formula is C85H100Cl2N10O24S. The van der Waals surface area contributed by atoms with Crippen LogP contribution in [0.3, 0.4) is 0 Å². The quantitative estimate of drug-likeness (QED) is 0.0503. The molecule has 4 aliphatic carbocycles. The number of aliphatic hydroxyl groups is 7. The lowest BCUT2D eigenvalue weighted by atomic mass is 9.54. The highest BCUT2D eigenvalue weighted by atomic mass is 35.5. The minimum atomic E-state index is -2.33. The Labute approximate surface area is 715 Å². The molecule has 6 aromatic rings. The summed E-state index contributed by atoms with van der Waals surface area (Å²) in [6.45, 7) is 7.04. The third-order valence-corrected chi connectivity index (χ3v) is 25.4. The van der Waals surface area contributed by atoms with Gasteiger partial charge in [-0.3, -0.25) is 43.1 Å². The number of fused-ring (bicyclic) bond motifs is 15. The number of carbonyl (C=O) groups excluding carboxylic acids is 8. The summed E-state index contributed by atoms with van der Waals surface area (Å²) in [5.74, 6) is -10.8. The van der Waals surface area contributed by atoms with Gasteiger partial charge in [-0.15, -0.1) is 0 Å². The van der Waals surface area contributed by atoms with E-state index in [0.717, 1.165) is 56.2 Å². The second kappa shape index (κ2) is 37.0. The molecule has 0 spiro atoms. The van der Waals surface area contributed by atoms with Crippen LogP contribution in [-0.2, 0) is 52.6 Å². The van der Waals surface area contributed by atoms with Crippen LogP contribution in [0.15, 0.2) is 108 Å². The van der Waals surface area contributed by atoms with Crippen LogP contribution in [0, 0.1) is 36.5 Å². The number of carbonyl (C=O) groups is 8. The van der Waals surface area contributed by atoms with E-state index in [1.54, 1.807) is 31.2 Å². The first kappa shape index (κ1) is 88.6. The molecule has 0 unspecified atom stereocenters. The van der Waals surface area contributed by atoms with E-state index in [-0.39, 0.29) is 116 Å². The summed E-state index contributed by atoms with van der Waals surface area (Å²) in [6.07, 6.45) is -13.8. The zero-order chi connectivity index (χ0) is 87.2. The van der Waals surface area contributed by atoms with Crippen LogP contribution in [0.1, 0.15) is 143 Å². The number of phenols is 2. The average Bonchev–Trinajstić information content (AvgIpc) is 0.751. The van der Waals surface area contributed by atoms with Crippen molar-refractivity contribution in [2.75, 3.05) is 26.9 Å². The van der Waals surface area contributed by atoms with Crippen molar-refractivity contribution in [1.29, 1.82) is 0 Å². The van der Waals surface area contributed by atoms with Gasteiger partial charge in [-0.1, -0.05) is 55.2 Å². The average molecular weight is 1750 g/mol. The van der Waals surface area contributed by atoms with E-state index in [2.05, 4.69) is 47.3 Å². The molecule has 7 aliphatic heterocycles. The summed E-state index contributed by atoms with van der Waals surface area (Å²) >= 11 is 15.3. The van der Waals surface area contributed by atoms with Crippen LogP contribution < -0.4 is 71.9 Å². The SMILES string of the molecule is CN[C@@H](CC(C)C)C(=O)N[C@H]1C(=O)N[C@@H](CC(=O)NSc2ccc(OCCO)cc2)C(=O)N[C@H]2C(=O)N[C@@H]3C(=O)N[C@@H](C(=O)N[C@H](C(=O)NC4C5CC6CC(C5)CC4C6)c4cc(O)cc(C)c4-c4cc3ccc4O)[C@@H](O)c3ccc(c(Cl)c3)Oc3cc2cc(c3O[C@@H]2O[C@H](CO)[C@H](O)[C@H](O)[C@@H]2O[C@H]2C[C@](C)(N)[C@H](O)[C@H](C)O2)Oc2ccc(cc2Cl)[C@H]1O. The predicted molar refractivity (Wildman–Crippen MR) is 438 cm³/mol. The van der Waals surface area contributed by atoms with Crippen LogP contribution >= 0.6 is 35.1 Å². The third kappa shape index (κ3) is 19.0. The van der Waals surface area contributed by atoms with Crippen molar-refractivity contribution in [2.24, 2.45) is 35.3 Å². The first-order chi connectivity index (χ1) is 58.1. The topological polar surface area (TPSA) is 518 Å². The zero-order valence-corrected chi connectivity index (χ0v) is 69.6. The maximum Gasteiger partial charge on any atom is 0.248 e. The number of likely N-dealkylation sites (N-methyl/N-ethyl adjacent to an activating group) is 1. The Morgan fingerprint density at radius 2 is 1.31 bits per heavy atom. The fourth-order valence-corrected chi connectivity index (χ4v) is 19.1. The molecule has 0 aromatic heterocycles. The molecule has 15 bridgehead atoms. The van der Waals surface area contributed by atoms with Gasteiger partial charge in [0.2, 0.25) is 59.3 Å². The molecule has 37 heteroatoms. The molecule has 6 aromatic carbocycles. The summed E-state index contributed by atoms with van der Waals surface area (Å²) < 4.78 is 47.3. The van der Waals surface area contributed by atoms with E-state index in [9.17, 15) is 55.5 Å². The van der Waals surface area contributed by atoms with Crippen LogP contribution in [0.5, 0.6) is 46.0 Å². The van der Waals surface area contributed by atoms with Crippen molar-refractivity contribution in [2.45, 2.75) is 206 Å². The molecule has 8 amide bonds. The lowest BCUT2D eigenvalue weighted by Crippen LogP contribution is -2.64. The Bertz CT molecular complexity index is 4950. The number of hydrogen-bond donors (Lipinski definition) is 19. The van der Waals surface area contributed by atoms with E-state index in [1.807, 2.05) is 13.8 Å². The number of ether oxygens (including phenoxy) is 7. The molecule has 654 valence electrons. The maximum absolute atomic E-state index is 16.7. The van der Waals surface area contributed by atoms with Crippen molar-refractivity contribution in [3.8, 4) is 57.1 Å². The largest absolute Gasteiger partial charge is 0.508 e. The molecule has 17 rings (SSSR count). The maximum atomic E-state index is 16.7. The number of amides is 8. The van der Waals surface area contributed by atoms with Crippen molar-refractivity contribution >= 4 is 82.4 Å². The monoisotopic (exact) mass is 1750 g/mol. The highest BCUT2D eigenvalue weighted by molar-refractivity contribution is 7.98. The van der Waals surface area contributed by atoms with Crippen LogP contribution in [-0.4, -0.2) is 205 Å². The molecule has 122 heavy (non-hydrogen) atoms. The second-order valence-electron chi connectivity index (χ2n) is 33.3. The Morgan fingerprint density at radius 3 is 1.93 bits per heavy atom. The van der Waals surface area contributed by atoms with E-state index in [1.165, 1.54) is 87.6 Å². The van der Waals surface area contributed by atoms with Gasteiger partial charge in [-0.05, 0) is 232 Å². The fourth-order valence-electron chi connectivity index (χ4n) is 18.1. The molecule has 2 saturated heterocycles. The Hall–Kier alpha value is -9.67. The van der Waals surface area contributed by atoms with Gasteiger partial charge in [0.15, 0.2) is 23.9 Å². The van der Waals surface area contributed by atoms with Gasteiger partial charge in [0.05, 0.1) is 47.9 Å². The first-order valence-corrected chi connectivity index (χ1v) is 42.0. The molecule has 7 heterocycles. The standard InChI is InChI=1S/C85H100Cl2N10O24S/c1-35(2)19-53(89-6)77(108)95-68-70(103)41-8-15-56(51(86)27-41)117-58-29-45-30-59(74(58)121-84-75(73(106)72(105)60(34-99)119-84)120-62-33-85(5,88)76(107)37(4)116-62)118-57-16-9-42(28-52(57)87)71(104)69-83(114)94-67(81(112)91-64-43-22-38-21-39(24-43)25-44(64)23-38)50-31-46(100)20-36(3)63(50)49-26-40(7-14-55(49)101)65(79(110)96-69)93-80(111)66(45)92-78(109)54(90-82(68)113)32-61(102)97-122-48-12-10-47(11-13-48)115-18-17-98/h7-16,20,26-31,35,37-39,43-44,53-54,60,62,64-73,75-76,84,89,98-101,103-107H,17-19,21-25,32-34,88H2,1-6H3,(H,90,113)(H,91,112)(H,92,109)(H,93,111)(H,94,114)(H,95,108)(H,96,110)(H,97,102)/t37-,38?,39?,43?,44?,53-,54-,60+,62-,64?,65-,66+,67-,68+,69+,70+,71-,72-,73-,75-,76+,84-,85-/m0/s1. The Balaban J connectivity index is 0.962. The van der Waals surface area contributed by atoms with E-state index >= 15 is 28.8 Å². The number of hydrogen-bond acceptors (Lipinski definition) is 27. The number of nitrogens with two attached hydrogens (primary N) is 1. The molecule has 6 fully saturated rings. The molecule has 4 saturated carbocycles. The summed E-state index contributed by atoms with van der Waals surface area (Å²) in [5.41, 5.74) is 4.46. The van der Waals surface area contributed by atoms with Gasteiger partial charge in [0.1, 0.15) is 102 Å². The summed E-state index contributed by atoms with van der Waals surface area (Å²) in [4.78, 5) is 125. The first-order valence-electron chi connectivity index (χ1n) is 40.5. The van der Waals surface area contributed by atoms with Gasteiger partial charge < -0.3 is 127 Å². The Kier molecular flexibility index (Phi) is 26.9. The third-order valence-electron chi connectivity index (χ3n) is 24.0. The number of aromatic hydroxyl groups is 2. The van der Waals surface area contributed by atoms with Crippen molar-refractivity contribution in [3.63, 3.8) is 0 Å². The summed E-state index contributed by atoms with van der Waals surface area (Å²) in [7, 11) is 1.50. The highest BCUT2D eigenvalue weighted by Crippen LogP contribution is 2.55. The van der Waals surface area contributed by atoms with Crippen molar-refractivity contribution < 1.29 is 117 Å². The number of aliphatic hydroxyl groups excluding tert-OH is 7. The number of phenolic OH excluding ortho intramolecular Hbond substituents is 2. The van der Waals surface area contributed by atoms with E-state index in [0.29, 0.717) is 22.5 Å². The van der Waals surface area contributed by atoms with E-state index < -0.39 is 198 Å².